The largest absolute Gasteiger partial charge is 0.368 e. The van der Waals surface area contributed by atoms with Gasteiger partial charge in [-0.05, 0) is 11.3 Å². The molecule has 13 heavy (non-hydrogen) atoms. The lowest BCUT2D eigenvalue weighted by atomic mass is 9.75. The third kappa shape index (κ3) is 1.92. The molecule has 3 nitrogen and oxygen atoms in total. The van der Waals surface area contributed by atoms with Crippen LogP contribution >= 0.6 is 0 Å². The zero-order valence-electron chi connectivity index (χ0n) is 8.45. The van der Waals surface area contributed by atoms with Gasteiger partial charge in [-0.25, -0.2) is 0 Å². The van der Waals surface area contributed by atoms with E-state index >= 15 is 0 Å². The molecule has 76 valence electrons. The van der Waals surface area contributed by atoms with Crippen molar-refractivity contribution in [2.24, 2.45) is 17.3 Å². The summed E-state index contributed by atoms with van der Waals surface area (Å²) in [5.74, 6) is 0.391. The Kier molecular flexibility index (Phi) is 2.78. The van der Waals surface area contributed by atoms with Crippen molar-refractivity contribution in [3.05, 3.63) is 0 Å². The Hall–Kier alpha value is -0.410. The number of hydrogen-bond donors (Lipinski definition) is 2. The molecule has 0 radical (unpaired) electrons. The van der Waals surface area contributed by atoms with Crippen LogP contribution in [-0.2, 0) is 4.79 Å². The van der Waals surface area contributed by atoms with Crippen molar-refractivity contribution in [3.63, 3.8) is 0 Å². The van der Waals surface area contributed by atoms with Crippen molar-refractivity contribution in [2.75, 3.05) is 0 Å². The molecule has 0 bridgehead atoms. The van der Waals surface area contributed by atoms with Gasteiger partial charge in [0.05, 0.1) is 0 Å². The fourth-order valence-electron chi connectivity index (χ4n) is 2.09. The molecule has 2 atom stereocenters. The van der Waals surface area contributed by atoms with Crippen molar-refractivity contribution in [2.45, 2.75) is 39.9 Å². The summed E-state index contributed by atoms with van der Waals surface area (Å²) in [4.78, 5) is 11.4. The number of aliphatic hydroxyl groups excluding tert-OH is 1. The van der Waals surface area contributed by atoms with Gasteiger partial charge >= 0.3 is 0 Å². The predicted octanol–water partition coefficient (Wildman–Crippen LogP) is 0.939. The van der Waals surface area contributed by atoms with Crippen LogP contribution in [-0.4, -0.2) is 22.3 Å². The van der Waals surface area contributed by atoms with Crippen LogP contribution in [0.5, 0.6) is 0 Å². The Morgan fingerprint density at radius 1 is 1.54 bits per heavy atom. The zero-order valence-corrected chi connectivity index (χ0v) is 8.45. The number of carbonyl (C=O) groups excluding carboxylic acids is 1. The molecule has 1 fully saturated rings. The Morgan fingerprint density at radius 3 is 2.38 bits per heavy atom. The molecular formula is C10H18O3. The van der Waals surface area contributed by atoms with E-state index in [1.807, 2.05) is 20.8 Å². The van der Waals surface area contributed by atoms with Crippen molar-refractivity contribution in [3.8, 4) is 0 Å². The van der Waals surface area contributed by atoms with E-state index in [-0.39, 0.29) is 23.0 Å². The van der Waals surface area contributed by atoms with Gasteiger partial charge in [0.25, 0.3) is 0 Å². The van der Waals surface area contributed by atoms with Gasteiger partial charge in [0.2, 0.25) is 0 Å². The van der Waals surface area contributed by atoms with Crippen molar-refractivity contribution < 1.29 is 15.0 Å². The van der Waals surface area contributed by atoms with E-state index in [1.54, 1.807) is 0 Å². The molecule has 0 spiro atoms. The second-order valence-corrected chi connectivity index (χ2v) is 4.63. The molecule has 1 aliphatic carbocycles. The number of hydrogen-bond acceptors (Lipinski definition) is 3. The maximum atomic E-state index is 11.4. The molecule has 3 heteroatoms. The van der Waals surface area contributed by atoms with Gasteiger partial charge in [0.1, 0.15) is 5.78 Å². The van der Waals surface area contributed by atoms with Gasteiger partial charge < -0.3 is 10.2 Å². The second kappa shape index (κ2) is 3.39. The topological polar surface area (TPSA) is 57.5 Å². The summed E-state index contributed by atoms with van der Waals surface area (Å²) in [5, 5.41) is 17.7. The van der Waals surface area contributed by atoms with E-state index in [0.29, 0.717) is 12.8 Å². The third-order valence-corrected chi connectivity index (χ3v) is 3.59. The zero-order chi connectivity index (χ0) is 10.2. The van der Waals surface area contributed by atoms with Gasteiger partial charge in [-0.15, -0.1) is 0 Å². The van der Waals surface area contributed by atoms with Gasteiger partial charge in [-0.2, -0.15) is 0 Å². The van der Waals surface area contributed by atoms with E-state index in [1.165, 1.54) is 0 Å². The lowest BCUT2D eigenvalue weighted by Crippen LogP contribution is -2.27. The van der Waals surface area contributed by atoms with Crippen molar-refractivity contribution >= 4 is 5.78 Å². The van der Waals surface area contributed by atoms with Crippen LogP contribution in [0.15, 0.2) is 0 Å². The van der Waals surface area contributed by atoms with Crippen molar-refractivity contribution in [1.29, 1.82) is 0 Å². The Labute approximate surface area is 78.8 Å². The molecule has 0 saturated heterocycles. The first-order valence-corrected chi connectivity index (χ1v) is 4.74. The highest BCUT2D eigenvalue weighted by Gasteiger charge is 2.46. The minimum atomic E-state index is -1.29. The highest BCUT2D eigenvalue weighted by molar-refractivity contribution is 5.84. The van der Waals surface area contributed by atoms with E-state index in [4.69, 9.17) is 10.2 Å². The highest BCUT2D eigenvalue weighted by Crippen LogP contribution is 2.46. The van der Waals surface area contributed by atoms with E-state index in [0.717, 1.165) is 0 Å². The summed E-state index contributed by atoms with van der Waals surface area (Å²) in [5.41, 5.74) is -0.0964. The van der Waals surface area contributed by atoms with Crippen LogP contribution < -0.4 is 0 Å². The van der Waals surface area contributed by atoms with Crippen LogP contribution in [0.4, 0.5) is 0 Å². The summed E-state index contributed by atoms with van der Waals surface area (Å²) in [7, 11) is 0. The fourth-order valence-corrected chi connectivity index (χ4v) is 2.09. The molecule has 2 unspecified atom stereocenters. The average Bonchev–Trinajstić information content (AvgIpc) is 2.15. The van der Waals surface area contributed by atoms with Crippen LogP contribution in [0.25, 0.3) is 0 Å². The molecule has 0 heterocycles. The molecule has 0 aromatic carbocycles. The summed E-state index contributed by atoms with van der Waals surface area (Å²) in [6, 6.07) is 0. The smallest absolute Gasteiger partial charge is 0.151 e. The van der Waals surface area contributed by atoms with Crippen molar-refractivity contribution in [1.82, 2.24) is 0 Å². The SMILES string of the molecule is CC1C(=O)CC(CC(O)O)C1(C)C. The van der Waals surface area contributed by atoms with Crippen LogP contribution in [0.3, 0.4) is 0 Å². The number of aliphatic hydroxyl groups is 2. The highest BCUT2D eigenvalue weighted by atomic mass is 16.5. The van der Waals surface area contributed by atoms with Gasteiger partial charge in [-0.3, -0.25) is 4.79 Å². The normalized spacial score (nSPS) is 32.9. The second-order valence-electron chi connectivity index (χ2n) is 4.63. The first-order chi connectivity index (χ1) is 5.85. The molecule has 2 N–H and O–H groups in total. The van der Waals surface area contributed by atoms with Gasteiger partial charge in [-0.1, -0.05) is 20.8 Å². The van der Waals surface area contributed by atoms with Crippen LogP contribution in [0, 0.1) is 17.3 Å². The molecule has 0 aromatic rings. The van der Waals surface area contributed by atoms with Crippen LogP contribution in [0.2, 0.25) is 0 Å². The fraction of sp³-hybridized carbons (Fsp3) is 0.900. The number of Topliss-reactive ketones (excluding diaryl/α,β-unsaturated/α-hetero) is 1. The lowest BCUT2D eigenvalue weighted by Gasteiger charge is -2.30. The standard InChI is InChI=1S/C10H18O3/c1-6-8(11)4-7(5-9(12)13)10(6,2)3/h6-7,9,12-13H,4-5H2,1-3H3. The van der Waals surface area contributed by atoms with Crippen LogP contribution in [0.1, 0.15) is 33.6 Å². The van der Waals surface area contributed by atoms with E-state index in [2.05, 4.69) is 0 Å². The third-order valence-electron chi connectivity index (χ3n) is 3.59. The minimum absolute atomic E-state index is 0.0382. The molecule has 0 aliphatic heterocycles. The molecule has 1 aliphatic rings. The number of carbonyl (C=O) groups is 1. The van der Waals surface area contributed by atoms with E-state index in [9.17, 15) is 4.79 Å². The first kappa shape index (κ1) is 10.7. The number of ketones is 1. The predicted molar refractivity (Wildman–Crippen MR) is 48.9 cm³/mol. The summed E-state index contributed by atoms with van der Waals surface area (Å²) in [6.07, 6.45) is -0.489. The molecule has 1 rings (SSSR count). The molecule has 0 amide bonds. The maximum Gasteiger partial charge on any atom is 0.151 e. The molecular weight excluding hydrogens is 168 g/mol. The quantitative estimate of drug-likeness (QED) is 0.631. The maximum absolute atomic E-state index is 11.4. The first-order valence-electron chi connectivity index (χ1n) is 4.74. The Morgan fingerprint density at radius 2 is 2.08 bits per heavy atom. The van der Waals surface area contributed by atoms with E-state index < -0.39 is 6.29 Å². The molecule has 1 saturated carbocycles. The summed E-state index contributed by atoms with van der Waals surface area (Å²) in [6.45, 7) is 5.97. The number of rotatable bonds is 2. The summed E-state index contributed by atoms with van der Waals surface area (Å²) >= 11 is 0. The Balaban J connectivity index is 2.72. The van der Waals surface area contributed by atoms with Gasteiger partial charge in [0.15, 0.2) is 6.29 Å². The van der Waals surface area contributed by atoms with Gasteiger partial charge in [0, 0.05) is 18.8 Å². The Bertz CT molecular complexity index is 208. The summed E-state index contributed by atoms with van der Waals surface area (Å²) < 4.78 is 0. The minimum Gasteiger partial charge on any atom is -0.368 e. The lowest BCUT2D eigenvalue weighted by molar-refractivity contribution is -0.121. The monoisotopic (exact) mass is 186 g/mol. The molecule has 0 aromatic heterocycles. The average molecular weight is 186 g/mol.